The Hall–Kier alpha value is -2.96. The Kier molecular flexibility index (Phi) is 5.23. The van der Waals surface area contributed by atoms with Crippen molar-refractivity contribution >= 4 is 22.7 Å². The molecular weight excluding hydrogens is 359 g/mol. The number of fused-ring (bicyclic) bond motifs is 1. The highest BCUT2D eigenvalue weighted by molar-refractivity contribution is 5.87. The molecule has 0 aliphatic heterocycles. The Balaban J connectivity index is 1.28. The topological polar surface area (TPSA) is 80.0 Å². The zero-order valence-corrected chi connectivity index (χ0v) is 15.7. The lowest BCUT2D eigenvalue weighted by atomic mass is 9.91. The number of aryl methyl sites for hydroxylation is 1. The van der Waals surface area contributed by atoms with Crippen LogP contribution in [0.1, 0.15) is 37.1 Å². The molecule has 0 saturated heterocycles. The number of benzene rings is 1. The van der Waals surface area contributed by atoms with E-state index in [1.54, 1.807) is 12.3 Å². The first-order valence-corrected chi connectivity index (χ1v) is 9.58. The van der Waals surface area contributed by atoms with E-state index in [0.717, 1.165) is 48.3 Å². The fourth-order valence-corrected chi connectivity index (χ4v) is 3.77. The highest BCUT2D eigenvalue weighted by Gasteiger charge is 2.23. The van der Waals surface area contributed by atoms with Gasteiger partial charge in [-0.15, -0.1) is 0 Å². The molecule has 1 fully saturated rings. The van der Waals surface area contributed by atoms with E-state index in [1.807, 2.05) is 13.0 Å². The van der Waals surface area contributed by atoms with Crippen LogP contribution in [0.15, 0.2) is 41.1 Å². The third-order valence-electron chi connectivity index (χ3n) is 5.19. The maximum atomic E-state index is 13.3. The third kappa shape index (κ3) is 4.30. The van der Waals surface area contributed by atoms with Crippen LogP contribution < -0.4 is 10.6 Å². The van der Waals surface area contributed by atoms with Crippen molar-refractivity contribution in [3.63, 3.8) is 0 Å². The minimum absolute atomic E-state index is 0.0325. The van der Waals surface area contributed by atoms with Crippen molar-refractivity contribution in [2.24, 2.45) is 0 Å². The minimum Gasteiger partial charge on any atom is -0.464 e. The highest BCUT2D eigenvalue weighted by Crippen LogP contribution is 2.24. The van der Waals surface area contributed by atoms with Gasteiger partial charge in [0.05, 0.1) is 12.7 Å². The van der Waals surface area contributed by atoms with Crippen LogP contribution >= 0.6 is 0 Å². The predicted octanol–water partition coefficient (Wildman–Crippen LogP) is 3.75. The Morgan fingerprint density at radius 2 is 2.00 bits per heavy atom. The number of hydrogen-bond donors (Lipinski definition) is 2. The van der Waals surface area contributed by atoms with E-state index in [0.29, 0.717) is 11.6 Å². The molecule has 0 spiro atoms. The van der Waals surface area contributed by atoms with E-state index >= 15 is 0 Å². The van der Waals surface area contributed by atoms with Crippen LogP contribution in [0.2, 0.25) is 0 Å². The van der Waals surface area contributed by atoms with Gasteiger partial charge in [0.1, 0.15) is 23.0 Å². The summed E-state index contributed by atoms with van der Waals surface area (Å²) in [7, 11) is 0. The molecule has 28 heavy (non-hydrogen) atoms. The number of nitrogens with one attached hydrogen (secondary N) is 2. The summed E-state index contributed by atoms with van der Waals surface area (Å²) in [5.74, 6) is 1.22. The van der Waals surface area contributed by atoms with E-state index in [1.165, 1.54) is 18.4 Å². The number of hydrogen-bond acceptors (Lipinski definition) is 5. The van der Waals surface area contributed by atoms with Gasteiger partial charge in [-0.1, -0.05) is 0 Å². The number of aromatic nitrogens is 2. The van der Waals surface area contributed by atoms with Gasteiger partial charge in [0, 0.05) is 35.3 Å². The quantitative estimate of drug-likeness (QED) is 0.702. The van der Waals surface area contributed by atoms with Crippen molar-refractivity contribution in [3.05, 3.63) is 53.9 Å². The van der Waals surface area contributed by atoms with Gasteiger partial charge < -0.3 is 15.1 Å². The van der Waals surface area contributed by atoms with Gasteiger partial charge in [0.25, 0.3) is 0 Å². The number of rotatable bonds is 5. The van der Waals surface area contributed by atoms with Gasteiger partial charge in [0.15, 0.2) is 0 Å². The number of halogens is 1. The summed E-state index contributed by atoms with van der Waals surface area (Å²) in [6.07, 6.45) is 7.31. The molecule has 6 nitrogen and oxygen atoms in total. The Morgan fingerprint density at radius 1 is 1.21 bits per heavy atom. The van der Waals surface area contributed by atoms with Crippen molar-refractivity contribution < 1.29 is 13.6 Å². The molecule has 2 heterocycles. The smallest absolute Gasteiger partial charge is 0.224 e. The molecule has 0 unspecified atom stereocenters. The molecule has 0 atom stereocenters. The van der Waals surface area contributed by atoms with E-state index in [9.17, 15) is 9.18 Å². The van der Waals surface area contributed by atoms with E-state index in [2.05, 4.69) is 20.6 Å². The molecule has 3 aromatic rings. The molecule has 2 N–H and O–H groups in total. The van der Waals surface area contributed by atoms with Gasteiger partial charge >= 0.3 is 0 Å². The van der Waals surface area contributed by atoms with E-state index < -0.39 is 0 Å². The average Bonchev–Trinajstić information content (AvgIpc) is 3.05. The van der Waals surface area contributed by atoms with Crippen molar-refractivity contribution in [2.75, 3.05) is 5.32 Å². The molecule has 2 aromatic heterocycles. The fraction of sp³-hybridized carbons (Fsp3) is 0.381. The van der Waals surface area contributed by atoms with Crippen LogP contribution in [0.25, 0.3) is 11.0 Å². The van der Waals surface area contributed by atoms with Gasteiger partial charge in [-0.3, -0.25) is 4.79 Å². The Bertz CT molecular complexity index is 979. The second-order valence-corrected chi connectivity index (χ2v) is 7.33. The van der Waals surface area contributed by atoms with Gasteiger partial charge in [-0.25, -0.2) is 14.4 Å². The second-order valence-electron chi connectivity index (χ2n) is 7.33. The Labute approximate surface area is 162 Å². The molecule has 1 amide bonds. The summed E-state index contributed by atoms with van der Waals surface area (Å²) < 4.78 is 18.6. The first kappa shape index (κ1) is 18.4. The lowest BCUT2D eigenvalue weighted by Gasteiger charge is -2.30. The SMILES string of the molecule is Cc1nccc(NC2CCC(NC(=O)Cc3coc4cc(F)ccc34)CC2)n1. The number of carbonyl (C=O) groups is 1. The minimum atomic E-state index is -0.347. The molecule has 4 rings (SSSR count). The summed E-state index contributed by atoms with van der Waals surface area (Å²) in [4.78, 5) is 20.9. The molecule has 7 heteroatoms. The molecule has 1 aromatic carbocycles. The average molecular weight is 382 g/mol. The number of nitrogens with zero attached hydrogens (tertiary/aromatic N) is 2. The molecule has 1 saturated carbocycles. The van der Waals surface area contributed by atoms with Crippen LogP contribution in [0.5, 0.6) is 0 Å². The van der Waals surface area contributed by atoms with Gasteiger partial charge in [0.2, 0.25) is 5.91 Å². The largest absolute Gasteiger partial charge is 0.464 e. The van der Waals surface area contributed by atoms with Gasteiger partial charge in [-0.05, 0) is 50.8 Å². The van der Waals surface area contributed by atoms with Crippen LogP contribution in [0.4, 0.5) is 10.2 Å². The molecule has 0 radical (unpaired) electrons. The fourth-order valence-electron chi connectivity index (χ4n) is 3.77. The normalized spacial score (nSPS) is 19.5. The lowest BCUT2D eigenvalue weighted by Crippen LogP contribution is -2.40. The van der Waals surface area contributed by atoms with Crippen molar-refractivity contribution in [2.45, 2.75) is 51.1 Å². The third-order valence-corrected chi connectivity index (χ3v) is 5.19. The highest BCUT2D eigenvalue weighted by atomic mass is 19.1. The summed E-state index contributed by atoms with van der Waals surface area (Å²) in [6.45, 7) is 1.87. The zero-order valence-electron chi connectivity index (χ0n) is 15.7. The molecule has 0 bridgehead atoms. The zero-order chi connectivity index (χ0) is 19.5. The number of carbonyl (C=O) groups excluding carboxylic acids is 1. The number of furan rings is 1. The number of amides is 1. The maximum absolute atomic E-state index is 13.3. The summed E-state index contributed by atoms with van der Waals surface area (Å²) in [5.41, 5.74) is 1.25. The van der Waals surface area contributed by atoms with Crippen LogP contribution in [0.3, 0.4) is 0 Å². The van der Waals surface area contributed by atoms with Crippen LogP contribution in [0, 0.1) is 12.7 Å². The lowest BCUT2D eigenvalue weighted by molar-refractivity contribution is -0.121. The van der Waals surface area contributed by atoms with Crippen LogP contribution in [-0.4, -0.2) is 28.0 Å². The van der Waals surface area contributed by atoms with Gasteiger partial charge in [-0.2, -0.15) is 0 Å². The summed E-state index contributed by atoms with van der Waals surface area (Å²) in [5, 5.41) is 7.35. The maximum Gasteiger partial charge on any atom is 0.224 e. The first-order valence-electron chi connectivity index (χ1n) is 9.58. The Morgan fingerprint density at radius 3 is 2.79 bits per heavy atom. The first-order chi connectivity index (χ1) is 13.6. The summed E-state index contributed by atoms with van der Waals surface area (Å²) >= 11 is 0. The van der Waals surface area contributed by atoms with E-state index in [-0.39, 0.29) is 24.2 Å². The predicted molar refractivity (Wildman–Crippen MR) is 104 cm³/mol. The monoisotopic (exact) mass is 382 g/mol. The molecular formula is C21H23FN4O2. The molecule has 1 aliphatic carbocycles. The van der Waals surface area contributed by atoms with Crippen molar-refractivity contribution in [1.82, 2.24) is 15.3 Å². The molecule has 146 valence electrons. The summed E-state index contributed by atoms with van der Waals surface area (Å²) in [6, 6.07) is 6.78. The standard InChI is InChI=1S/C21H23FN4O2/c1-13-23-9-8-20(24-13)25-16-3-5-17(6-4-16)26-21(27)10-14-12-28-19-11-15(22)2-7-18(14)19/h2,7-9,11-12,16-17H,3-6,10H2,1H3,(H,26,27)(H,23,24,25). The van der Waals surface area contributed by atoms with Crippen molar-refractivity contribution in [1.29, 1.82) is 0 Å². The van der Waals surface area contributed by atoms with Crippen LogP contribution in [-0.2, 0) is 11.2 Å². The van der Waals surface area contributed by atoms with Crippen molar-refractivity contribution in [3.8, 4) is 0 Å². The number of anilines is 1. The van der Waals surface area contributed by atoms with E-state index in [4.69, 9.17) is 4.42 Å². The second kappa shape index (κ2) is 7.96. The molecule has 1 aliphatic rings.